The summed E-state index contributed by atoms with van der Waals surface area (Å²) in [5, 5.41) is 3.22. The second-order valence-electron chi connectivity index (χ2n) is 5.12. The first-order valence-electron chi connectivity index (χ1n) is 7.18. The largest absolute Gasteiger partial charge is 0.373 e. The minimum atomic E-state index is 0.909. The Balaban J connectivity index is 5.28. The molecule has 0 heterocycles. The van der Waals surface area contributed by atoms with Crippen LogP contribution in [0.15, 0.2) is 40.2 Å². The highest BCUT2D eigenvalue weighted by Crippen LogP contribution is 2.21. The highest BCUT2D eigenvalue weighted by atomic mass is 15.0. The van der Waals surface area contributed by atoms with E-state index in [0.717, 1.165) is 24.2 Å². The fraction of sp³-hybridized carbons (Fsp3) is 0.588. The van der Waals surface area contributed by atoms with Gasteiger partial charge >= 0.3 is 0 Å². The SMILES string of the molecule is C=C(C)/C(C/C(C)=C\C)=C(\N=C(C)CCCC)NC. The van der Waals surface area contributed by atoms with Crippen LogP contribution in [0.25, 0.3) is 0 Å². The van der Waals surface area contributed by atoms with Crippen LogP contribution < -0.4 is 5.32 Å². The molecule has 0 saturated heterocycles. The van der Waals surface area contributed by atoms with E-state index in [4.69, 9.17) is 4.99 Å². The minimum Gasteiger partial charge on any atom is -0.373 e. The van der Waals surface area contributed by atoms with E-state index in [1.54, 1.807) is 0 Å². The van der Waals surface area contributed by atoms with E-state index in [1.807, 2.05) is 14.0 Å². The van der Waals surface area contributed by atoms with Gasteiger partial charge in [0.25, 0.3) is 0 Å². The Morgan fingerprint density at radius 3 is 2.32 bits per heavy atom. The lowest BCUT2D eigenvalue weighted by Crippen LogP contribution is -2.10. The van der Waals surface area contributed by atoms with Crippen LogP contribution in [-0.2, 0) is 0 Å². The fourth-order valence-corrected chi connectivity index (χ4v) is 1.77. The maximum absolute atomic E-state index is 4.74. The Kier molecular flexibility index (Phi) is 8.94. The van der Waals surface area contributed by atoms with Gasteiger partial charge in [0, 0.05) is 18.3 Å². The Bertz CT molecular complexity index is 384. The second-order valence-corrected chi connectivity index (χ2v) is 5.12. The molecule has 0 amide bonds. The van der Waals surface area contributed by atoms with Crippen LogP contribution in [-0.4, -0.2) is 12.8 Å². The maximum atomic E-state index is 4.74. The zero-order chi connectivity index (χ0) is 14.8. The summed E-state index contributed by atoms with van der Waals surface area (Å²) in [6.45, 7) is 14.7. The molecular formula is C17H30N2. The van der Waals surface area contributed by atoms with Gasteiger partial charge in [-0.2, -0.15) is 0 Å². The molecule has 0 aliphatic heterocycles. The Morgan fingerprint density at radius 2 is 1.89 bits per heavy atom. The zero-order valence-corrected chi connectivity index (χ0v) is 13.6. The van der Waals surface area contributed by atoms with E-state index in [-0.39, 0.29) is 0 Å². The number of rotatable bonds is 8. The van der Waals surface area contributed by atoms with Crippen LogP contribution in [0, 0.1) is 0 Å². The molecule has 1 N–H and O–H groups in total. The van der Waals surface area contributed by atoms with Crippen LogP contribution in [0.4, 0.5) is 0 Å². The van der Waals surface area contributed by atoms with Gasteiger partial charge in [-0.25, -0.2) is 4.99 Å². The molecule has 0 saturated carbocycles. The van der Waals surface area contributed by atoms with Crippen LogP contribution in [0.2, 0.25) is 0 Å². The molecule has 0 unspecified atom stereocenters. The van der Waals surface area contributed by atoms with Crippen LogP contribution in [0.5, 0.6) is 0 Å². The van der Waals surface area contributed by atoms with Crippen molar-refractivity contribution in [2.75, 3.05) is 7.05 Å². The normalized spacial score (nSPS) is 14.2. The number of nitrogens with one attached hydrogen (secondary N) is 1. The summed E-state index contributed by atoms with van der Waals surface area (Å²) in [5.74, 6) is 0.960. The molecule has 0 aliphatic rings. The first kappa shape index (κ1) is 17.7. The molecule has 0 aromatic carbocycles. The number of allylic oxidation sites excluding steroid dienone is 4. The predicted molar refractivity (Wildman–Crippen MR) is 87.6 cm³/mol. The van der Waals surface area contributed by atoms with Crippen molar-refractivity contribution in [2.24, 2.45) is 4.99 Å². The lowest BCUT2D eigenvalue weighted by atomic mass is 10.0. The summed E-state index contributed by atoms with van der Waals surface area (Å²) in [7, 11) is 1.93. The predicted octanol–water partition coefficient (Wildman–Crippen LogP) is 5.00. The first-order chi connectivity index (χ1) is 8.96. The van der Waals surface area contributed by atoms with Crippen molar-refractivity contribution in [3.63, 3.8) is 0 Å². The third-order valence-corrected chi connectivity index (χ3v) is 3.18. The van der Waals surface area contributed by atoms with E-state index in [2.05, 4.69) is 45.7 Å². The summed E-state index contributed by atoms with van der Waals surface area (Å²) in [5.41, 5.74) is 4.81. The van der Waals surface area contributed by atoms with Gasteiger partial charge in [-0.3, -0.25) is 0 Å². The van der Waals surface area contributed by atoms with Crippen LogP contribution >= 0.6 is 0 Å². The molecule has 0 rings (SSSR count). The van der Waals surface area contributed by atoms with Crippen molar-refractivity contribution in [2.45, 2.75) is 60.3 Å². The summed E-state index contributed by atoms with van der Waals surface area (Å²) in [4.78, 5) is 4.74. The molecular weight excluding hydrogens is 232 g/mol. The van der Waals surface area contributed by atoms with E-state index in [0.29, 0.717) is 0 Å². The van der Waals surface area contributed by atoms with Crippen molar-refractivity contribution >= 4 is 5.71 Å². The summed E-state index contributed by atoms with van der Waals surface area (Å²) < 4.78 is 0. The lowest BCUT2D eigenvalue weighted by Gasteiger charge is -2.13. The van der Waals surface area contributed by atoms with Gasteiger partial charge in [-0.15, -0.1) is 0 Å². The Morgan fingerprint density at radius 1 is 1.26 bits per heavy atom. The number of aliphatic imine (C=N–C) groups is 1. The molecule has 108 valence electrons. The minimum absolute atomic E-state index is 0.909. The molecule has 19 heavy (non-hydrogen) atoms. The maximum Gasteiger partial charge on any atom is 0.129 e. The molecule has 0 aromatic rings. The molecule has 0 fully saturated rings. The average molecular weight is 262 g/mol. The second kappa shape index (κ2) is 9.60. The van der Waals surface area contributed by atoms with Gasteiger partial charge in [0.05, 0.1) is 0 Å². The monoisotopic (exact) mass is 262 g/mol. The Hall–Kier alpha value is -1.31. The van der Waals surface area contributed by atoms with Gasteiger partial charge in [-0.1, -0.05) is 37.1 Å². The molecule has 0 aromatic heterocycles. The first-order valence-corrected chi connectivity index (χ1v) is 7.18. The highest BCUT2D eigenvalue weighted by Gasteiger charge is 2.07. The number of nitrogens with zero attached hydrogens (tertiary/aromatic N) is 1. The van der Waals surface area contributed by atoms with Gasteiger partial charge in [0.1, 0.15) is 5.82 Å². The molecule has 2 heteroatoms. The smallest absolute Gasteiger partial charge is 0.129 e. The third kappa shape index (κ3) is 7.00. The molecule has 0 spiro atoms. The summed E-state index contributed by atoms with van der Waals surface area (Å²) in [6, 6.07) is 0. The molecule has 0 bridgehead atoms. The molecule has 2 nitrogen and oxygen atoms in total. The van der Waals surface area contributed by atoms with Crippen LogP contribution in [0.3, 0.4) is 0 Å². The summed E-state index contributed by atoms with van der Waals surface area (Å²) >= 11 is 0. The van der Waals surface area contributed by atoms with Crippen molar-refractivity contribution in [3.8, 4) is 0 Å². The topological polar surface area (TPSA) is 24.4 Å². The van der Waals surface area contributed by atoms with E-state index in [9.17, 15) is 0 Å². The van der Waals surface area contributed by atoms with E-state index in [1.165, 1.54) is 29.7 Å². The van der Waals surface area contributed by atoms with Crippen LogP contribution in [0.1, 0.15) is 60.3 Å². The fourth-order valence-electron chi connectivity index (χ4n) is 1.77. The van der Waals surface area contributed by atoms with E-state index < -0.39 is 0 Å². The third-order valence-electron chi connectivity index (χ3n) is 3.18. The van der Waals surface area contributed by atoms with E-state index >= 15 is 0 Å². The van der Waals surface area contributed by atoms with Gasteiger partial charge < -0.3 is 5.32 Å². The zero-order valence-electron chi connectivity index (χ0n) is 13.6. The summed E-state index contributed by atoms with van der Waals surface area (Å²) in [6.07, 6.45) is 6.52. The number of hydrogen-bond acceptors (Lipinski definition) is 2. The lowest BCUT2D eigenvalue weighted by molar-refractivity contribution is 0.826. The quantitative estimate of drug-likeness (QED) is 0.371. The average Bonchev–Trinajstić information content (AvgIpc) is 2.39. The standard InChI is InChI=1S/C17H30N2/c1-8-10-11-15(6)19-17(18-7)16(13(3)4)12-14(5)9-2/h9,18H,3,8,10-12H2,1-2,4-7H3/b14-9-,17-16-,19-15?. The highest BCUT2D eigenvalue weighted by molar-refractivity contribution is 5.82. The van der Waals surface area contributed by atoms with Crippen molar-refractivity contribution < 1.29 is 0 Å². The molecule has 0 radical (unpaired) electrons. The van der Waals surface area contributed by atoms with Crippen molar-refractivity contribution in [1.82, 2.24) is 5.32 Å². The van der Waals surface area contributed by atoms with Crippen molar-refractivity contribution in [1.29, 1.82) is 0 Å². The number of hydrogen-bond donors (Lipinski definition) is 1. The van der Waals surface area contributed by atoms with Crippen molar-refractivity contribution in [3.05, 3.63) is 35.2 Å². The molecule has 0 aliphatic carbocycles. The number of unbranched alkanes of at least 4 members (excludes halogenated alkanes) is 1. The van der Waals surface area contributed by atoms with Gasteiger partial charge in [0.15, 0.2) is 0 Å². The Labute approximate surface area is 119 Å². The van der Waals surface area contributed by atoms with Gasteiger partial charge in [-0.05, 0) is 47.0 Å². The molecule has 0 atom stereocenters. The van der Waals surface area contributed by atoms with Gasteiger partial charge in [0.2, 0.25) is 0 Å².